The van der Waals surface area contributed by atoms with E-state index < -0.39 is 11.8 Å². The maximum atomic E-state index is 12.2. The fraction of sp³-hybridized carbons (Fsp3) is 0.467. The van der Waals surface area contributed by atoms with Crippen LogP contribution in [0.15, 0.2) is 33.5 Å². The van der Waals surface area contributed by atoms with Crippen LogP contribution >= 0.6 is 0 Å². The van der Waals surface area contributed by atoms with Gasteiger partial charge in [-0.05, 0) is 32.4 Å². The van der Waals surface area contributed by atoms with E-state index in [0.717, 1.165) is 12.8 Å². The fourth-order valence-electron chi connectivity index (χ4n) is 2.34. The number of amides is 1. The number of oxazole rings is 1. The first-order valence-electron chi connectivity index (χ1n) is 6.95. The molecule has 1 aromatic heterocycles. The van der Waals surface area contributed by atoms with Gasteiger partial charge in [-0.2, -0.15) is 0 Å². The predicted octanol–water partition coefficient (Wildman–Crippen LogP) is 2.46. The summed E-state index contributed by atoms with van der Waals surface area (Å²) in [6.07, 6.45) is 1.92. The second-order valence-corrected chi connectivity index (χ2v) is 5.08. The Bertz CT molecular complexity index is 656. The predicted molar refractivity (Wildman–Crippen MR) is 77.7 cm³/mol. The standard InChI is InChI=1S/C15H20N2O3/c1-4-7-10(2)16-14(18)11(3)17-12-8-5-6-9-13(12)20-15(17)19/h5-6,8-11H,4,7H2,1-3H3,(H,16,18)/t10-,11+/m0/s1. The highest BCUT2D eigenvalue weighted by molar-refractivity contribution is 5.83. The summed E-state index contributed by atoms with van der Waals surface area (Å²) in [6.45, 7) is 5.74. The number of fused-ring (bicyclic) bond motifs is 1. The summed E-state index contributed by atoms with van der Waals surface area (Å²) < 4.78 is 6.54. The Morgan fingerprint density at radius 3 is 2.75 bits per heavy atom. The second kappa shape index (κ2) is 5.94. The maximum absolute atomic E-state index is 12.2. The number of benzene rings is 1. The van der Waals surface area contributed by atoms with Crippen LogP contribution in [0.1, 0.15) is 39.7 Å². The van der Waals surface area contributed by atoms with Crippen LogP contribution in [0.2, 0.25) is 0 Å². The van der Waals surface area contributed by atoms with Gasteiger partial charge in [-0.1, -0.05) is 25.5 Å². The van der Waals surface area contributed by atoms with E-state index in [-0.39, 0.29) is 11.9 Å². The number of carbonyl (C=O) groups is 1. The van der Waals surface area contributed by atoms with Crippen molar-refractivity contribution in [3.8, 4) is 0 Å². The van der Waals surface area contributed by atoms with Gasteiger partial charge in [0.1, 0.15) is 6.04 Å². The number of rotatable bonds is 5. The van der Waals surface area contributed by atoms with Gasteiger partial charge in [0.15, 0.2) is 5.58 Å². The number of hydrogen-bond acceptors (Lipinski definition) is 3. The van der Waals surface area contributed by atoms with Crippen LogP contribution in [0.4, 0.5) is 0 Å². The molecule has 0 radical (unpaired) electrons. The highest BCUT2D eigenvalue weighted by atomic mass is 16.4. The molecular formula is C15H20N2O3. The highest BCUT2D eigenvalue weighted by Crippen LogP contribution is 2.16. The minimum absolute atomic E-state index is 0.101. The Morgan fingerprint density at radius 1 is 1.35 bits per heavy atom. The van der Waals surface area contributed by atoms with E-state index >= 15 is 0 Å². The van der Waals surface area contributed by atoms with Crippen molar-refractivity contribution in [3.05, 3.63) is 34.8 Å². The van der Waals surface area contributed by atoms with E-state index in [1.807, 2.05) is 13.0 Å². The molecule has 1 amide bonds. The highest BCUT2D eigenvalue weighted by Gasteiger charge is 2.21. The zero-order chi connectivity index (χ0) is 14.7. The number of para-hydroxylation sites is 2. The van der Waals surface area contributed by atoms with Crippen LogP contribution in [-0.2, 0) is 4.79 Å². The summed E-state index contributed by atoms with van der Waals surface area (Å²) in [5.41, 5.74) is 1.14. The molecule has 2 aromatic rings. The maximum Gasteiger partial charge on any atom is 0.420 e. The molecule has 0 saturated heterocycles. The van der Waals surface area contributed by atoms with Crippen molar-refractivity contribution in [2.45, 2.75) is 45.7 Å². The molecule has 5 heteroatoms. The molecule has 0 saturated carbocycles. The SMILES string of the molecule is CCC[C@H](C)NC(=O)[C@@H](C)n1c(=O)oc2ccccc21. The van der Waals surface area contributed by atoms with Gasteiger partial charge in [-0.3, -0.25) is 9.36 Å². The molecule has 0 bridgehead atoms. The Labute approximate surface area is 117 Å². The van der Waals surface area contributed by atoms with Crippen molar-refractivity contribution in [1.29, 1.82) is 0 Å². The van der Waals surface area contributed by atoms with Gasteiger partial charge < -0.3 is 9.73 Å². The van der Waals surface area contributed by atoms with Gasteiger partial charge in [0.05, 0.1) is 5.52 Å². The Morgan fingerprint density at radius 2 is 2.05 bits per heavy atom. The molecule has 1 aromatic carbocycles. The van der Waals surface area contributed by atoms with Gasteiger partial charge in [-0.15, -0.1) is 0 Å². The van der Waals surface area contributed by atoms with Crippen molar-refractivity contribution < 1.29 is 9.21 Å². The minimum atomic E-state index is -0.592. The average molecular weight is 276 g/mol. The van der Waals surface area contributed by atoms with Gasteiger partial charge >= 0.3 is 5.76 Å². The molecule has 2 rings (SSSR count). The summed E-state index contributed by atoms with van der Waals surface area (Å²) in [7, 11) is 0. The van der Waals surface area contributed by atoms with E-state index in [1.165, 1.54) is 4.57 Å². The van der Waals surface area contributed by atoms with Crippen molar-refractivity contribution in [3.63, 3.8) is 0 Å². The monoisotopic (exact) mass is 276 g/mol. The van der Waals surface area contributed by atoms with Crippen LogP contribution in [0.3, 0.4) is 0 Å². The second-order valence-electron chi connectivity index (χ2n) is 5.08. The summed E-state index contributed by atoms with van der Waals surface area (Å²) >= 11 is 0. The molecule has 0 aliphatic rings. The molecule has 108 valence electrons. The zero-order valence-corrected chi connectivity index (χ0v) is 12.1. The Balaban J connectivity index is 2.27. The lowest BCUT2D eigenvalue weighted by Gasteiger charge is -2.17. The number of carbonyl (C=O) groups excluding carboxylic acids is 1. The van der Waals surface area contributed by atoms with Crippen LogP contribution in [0.25, 0.3) is 11.1 Å². The molecule has 5 nitrogen and oxygen atoms in total. The van der Waals surface area contributed by atoms with Crippen molar-refractivity contribution in [1.82, 2.24) is 9.88 Å². The Hall–Kier alpha value is -2.04. The summed E-state index contributed by atoms with van der Waals surface area (Å²) in [5, 5.41) is 2.92. The van der Waals surface area contributed by atoms with Crippen LogP contribution in [-0.4, -0.2) is 16.5 Å². The number of hydrogen-bond donors (Lipinski definition) is 1. The third-order valence-corrected chi connectivity index (χ3v) is 3.40. The molecular weight excluding hydrogens is 256 g/mol. The van der Waals surface area contributed by atoms with Gasteiger partial charge in [0, 0.05) is 6.04 Å². The average Bonchev–Trinajstić information content (AvgIpc) is 2.73. The van der Waals surface area contributed by atoms with Gasteiger partial charge in [-0.25, -0.2) is 4.79 Å². The van der Waals surface area contributed by atoms with Crippen molar-refractivity contribution in [2.75, 3.05) is 0 Å². The van der Waals surface area contributed by atoms with E-state index in [2.05, 4.69) is 12.2 Å². The third-order valence-electron chi connectivity index (χ3n) is 3.40. The van der Waals surface area contributed by atoms with E-state index in [1.54, 1.807) is 25.1 Å². The fourth-order valence-corrected chi connectivity index (χ4v) is 2.34. The van der Waals surface area contributed by atoms with Crippen LogP contribution in [0.5, 0.6) is 0 Å². The molecule has 1 heterocycles. The van der Waals surface area contributed by atoms with Crippen LogP contribution < -0.4 is 11.1 Å². The van der Waals surface area contributed by atoms with E-state index in [4.69, 9.17) is 4.42 Å². The smallest absolute Gasteiger partial charge is 0.408 e. The third kappa shape index (κ3) is 2.76. The summed E-state index contributed by atoms with van der Waals surface area (Å²) in [4.78, 5) is 24.1. The summed E-state index contributed by atoms with van der Waals surface area (Å²) in [6, 6.07) is 6.62. The lowest BCUT2D eigenvalue weighted by atomic mass is 10.2. The molecule has 1 N–H and O–H groups in total. The first kappa shape index (κ1) is 14.4. The lowest BCUT2D eigenvalue weighted by molar-refractivity contribution is -0.124. The van der Waals surface area contributed by atoms with Gasteiger partial charge in [0.25, 0.3) is 0 Å². The number of nitrogens with one attached hydrogen (secondary N) is 1. The van der Waals surface area contributed by atoms with Crippen LogP contribution in [0, 0.1) is 0 Å². The molecule has 0 aliphatic carbocycles. The molecule has 2 atom stereocenters. The summed E-state index contributed by atoms with van der Waals surface area (Å²) in [5.74, 6) is -0.670. The molecule has 0 unspecified atom stereocenters. The first-order chi connectivity index (χ1) is 9.54. The molecule has 20 heavy (non-hydrogen) atoms. The van der Waals surface area contributed by atoms with E-state index in [0.29, 0.717) is 11.1 Å². The number of nitrogens with zero attached hydrogens (tertiary/aromatic N) is 1. The minimum Gasteiger partial charge on any atom is -0.408 e. The zero-order valence-electron chi connectivity index (χ0n) is 12.1. The lowest BCUT2D eigenvalue weighted by Crippen LogP contribution is -2.39. The van der Waals surface area contributed by atoms with Crippen molar-refractivity contribution >= 4 is 17.0 Å². The topological polar surface area (TPSA) is 64.2 Å². The molecule has 0 fully saturated rings. The van der Waals surface area contributed by atoms with Gasteiger partial charge in [0.2, 0.25) is 5.91 Å². The molecule has 0 spiro atoms. The molecule has 0 aliphatic heterocycles. The number of aromatic nitrogens is 1. The van der Waals surface area contributed by atoms with Crippen molar-refractivity contribution in [2.24, 2.45) is 0 Å². The normalized spacial score (nSPS) is 14.2. The Kier molecular flexibility index (Phi) is 4.27. The first-order valence-corrected chi connectivity index (χ1v) is 6.95. The quantitative estimate of drug-likeness (QED) is 0.912. The van der Waals surface area contributed by atoms with E-state index in [9.17, 15) is 9.59 Å². The largest absolute Gasteiger partial charge is 0.420 e.